The van der Waals surface area contributed by atoms with Gasteiger partial charge in [-0.3, -0.25) is 9.98 Å². The first-order valence-electron chi connectivity index (χ1n) is 9.25. The number of rotatable bonds is 9. The molecule has 1 aliphatic rings. The number of aliphatic imine (C=N–C) groups is 1. The van der Waals surface area contributed by atoms with E-state index in [1.54, 1.807) is 0 Å². The lowest BCUT2D eigenvalue weighted by atomic mass is 9.65. The van der Waals surface area contributed by atoms with Gasteiger partial charge >= 0.3 is 0 Å². The number of hydrogen-bond donors (Lipinski definition) is 2. The van der Waals surface area contributed by atoms with Crippen LogP contribution in [0.5, 0.6) is 0 Å². The maximum Gasteiger partial charge on any atom is 0.192 e. The summed E-state index contributed by atoms with van der Waals surface area (Å²) in [6, 6.07) is 2.11. The van der Waals surface area contributed by atoms with Crippen LogP contribution in [0, 0.1) is 6.92 Å². The summed E-state index contributed by atoms with van der Waals surface area (Å²) >= 11 is 0. The molecule has 0 aromatic carbocycles. The molecule has 4 nitrogen and oxygen atoms in total. The number of pyridine rings is 1. The van der Waals surface area contributed by atoms with Crippen LogP contribution in [0.3, 0.4) is 0 Å². The summed E-state index contributed by atoms with van der Waals surface area (Å²) in [5.41, 5.74) is 13.8. The summed E-state index contributed by atoms with van der Waals surface area (Å²) in [4.78, 5) is 9.23. The van der Waals surface area contributed by atoms with Crippen molar-refractivity contribution in [3.8, 4) is 0 Å². The van der Waals surface area contributed by atoms with Gasteiger partial charge in [-0.2, -0.15) is 0 Å². The molecule has 0 aliphatic carbocycles. The normalized spacial score (nSPS) is 14.2. The van der Waals surface area contributed by atoms with Crippen LogP contribution in [0.15, 0.2) is 28.8 Å². The molecule has 0 unspecified atom stereocenters. The number of nitrogens with one attached hydrogen (secondary N) is 1. The number of allylic oxidation sites excluding steroid dienone is 2. The van der Waals surface area contributed by atoms with Gasteiger partial charge in [-0.1, -0.05) is 31.3 Å². The Bertz CT molecular complexity index is 689. The third-order valence-electron chi connectivity index (χ3n) is 4.42. The molecule has 1 aromatic heterocycles. The van der Waals surface area contributed by atoms with Gasteiger partial charge in [0.2, 0.25) is 0 Å². The molecular weight excluding hydrogens is 307 g/mol. The predicted octanol–water partition coefficient (Wildman–Crippen LogP) is 3.39. The van der Waals surface area contributed by atoms with Gasteiger partial charge in [0.15, 0.2) is 7.28 Å². The Morgan fingerprint density at radius 2 is 2.20 bits per heavy atom. The molecule has 1 aromatic rings. The van der Waals surface area contributed by atoms with Gasteiger partial charge < -0.3 is 11.1 Å². The molecule has 0 fully saturated rings. The number of unbranched alkanes of at least 4 members (excludes halogenated alkanes) is 2. The standard InChI is InChI=1S/C20H30BN4/c1-5-6-7-8-11-23-15(3)13-24-18-12-14(2)25-20-16(4)17(9-10-22)21-19(18)20/h8,11-12H,5-7,9-10,13,22H2,1-4H3,(H,24,25)/b11-8-,23-15?. The molecule has 1 aliphatic heterocycles. The van der Waals surface area contributed by atoms with E-state index < -0.39 is 0 Å². The molecule has 0 atom stereocenters. The topological polar surface area (TPSA) is 63.3 Å². The van der Waals surface area contributed by atoms with E-state index in [-0.39, 0.29) is 0 Å². The van der Waals surface area contributed by atoms with Gasteiger partial charge in [0.05, 0.1) is 12.2 Å². The molecule has 133 valence electrons. The molecule has 0 saturated carbocycles. The van der Waals surface area contributed by atoms with Gasteiger partial charge in [-0.25, -0.2) is 0 Å². The van der Waals surface area contributed by atoms with E-state index >= 15 is 0 Å². The van der Waals surface area contributed by atoms with E-state index in [1.807, 2.05) is 13.1 Å². The van der Waals surface area contributed by atoms with Gasteiger partial charge in [-0.15, -0.1) is 0 Å². The molecule has 1 radical (unpaired) electrons. The molecule has 3 N–H and O–H groups in total. The first-order valence-corrected chi connectivity index (χ1v) is 9.25. The zero-order chi connectivity index (χ0) is 18.2. The fourth-order valence-corrected chi connectivity index (χ4v) is 2.96. The fraction of sp³-hybridized carbons (Fsp3) is 0.500. The van der Waals surface area contributed by atoms with Crippen LogP contribution in [-0.4, -0.2) is 31.1 Å². The second-order valence-electron chi connectivity index (χ2n) is 6.65. The van der Waals surface area contributed by atoms with Gasteiger partial charge in [0.25, 0.3) is 0 Å². The Morgan fingerprint density at radius 1 is 1.40 bits per heavy atom. The Balaban J connectivity index is 2.05. The lowest BCUT2D eigenvalue weighted by Crippen LogP contribution is -2.24. The maximum absolute atomic E-state index is 5.74. The summed E-state index contributed by atoms with van der Waals surface area (Å²) in [6.07, 6.45) is 8.50. The van der Waals surface area contributed by atoms with Crippen molar-refractivity contribution >= 4 is 29.7 Å². The van der Waals surface area contributed by atoms with Crippen molar-refractivity contribution in [1.82, 2.24) is 4.98 Å². The summed E-state index contributed by atoms with van der Waals surface area (Å²) in [5.74, 6) is 0. The van der Waals surface area contributed by atoms with E-state index in [4.69, 9.17) is 10.7 Å². The van der Waals surface area contributed by atoms with Crippen LogP contribution >= 0.6 is 0 Å². The van der Waals surface area contributed by atoms with Gasteiger partial charge in [0, 0.05) is 23.3 Å². The lowest BCUT2D eigenvalue weighted by molar-refractivity contribution is 0.814. The highest BCUT2D eigenvalue weighted by Gasteiger charge is 2.23. The Kier molecular flexibility index (Phi) is 7.44. The van der Waals surface area contributed by atoms with E-state index in [0.29, 0.717) is 6.54 Å². The molecule has 25 heavy (non-hydrogen) atoms. The summed E-state index contributed by atoms with van der Waals surface area (Å²) < 4.78 is 0. The molecule has 0 spiro atoms. The number of anilines is 1. The van der Waals surface area contributed by atoms with Gasteiger partial charge in [-0.05, 0) is 57.3 Å². The number of fused-ring (bicyclic) bond motifs is 1. The molecule has 0 amide bonds. The number of aromatic nitrogens is 1. The largest absolute Gasteiger partial charge is 0.380 e. The van der Waals surface area contributed by atoms with Gasteiger partial charge in [0.1, 0.15) is 0 Å². The number of hydrogen-bond acceptors (Lipinski definition) is 4. The average Bonchev–Trinajstić information content (AvgIpc) is 2.89. The zero-order valence-electron chi connectivity index (χ0n) is 16.0. The number of nitrogens with two attached hydrogens (primary N) is 1. The predicted molar refractivity (Wildman–Crippen MR) is 111 cm³/mol. The Hall–Kier alpha value is -1.88. The second-order valence-corrected chi connectivity index (χ2v) is 6.65. The zero-order valence-corrected chi connectivity index (χ0v) is 16.0. The van der Waals surface area contributed by atoms with Crippen LogP contribution in [0.4, 0.5) is 5.69 Å². The van der Waals surface area contributed by atoms with E-state index in [1.165, 1.54) is 29.4 Å². The molecule has 5 heteroatoms. The van der Waals surface area contributed by atoms with Crippen LogP contribution in [0.25, 0.3) is 5.57 Å². The van der Waals surface area contributed by atoms with Crippen molar-refractivity contribution < 1.29 is 0 Å². The Morgan fingerprint density at radius 3 is 2.92 bits per heavy atom. The first-order chi connectivity index (χ1) is 12.1. The van der Waals surface area contributed by atoms with Crippen molar-refractivity contribution in [2.75, 3.05) is 18.4 Å². The van der Waals surface area contributed by atoms with Crippen molar-refractivity contribution in [3.63, 3.8) is 0 Å². The van der Waals surface area contributed by atoms with Crippen molar-refractivity contribution in [2.45, 2.75) is 53.4 Å². The van der Waals surface area contributed by atoms with E-state index in [9.17, 15) is 0 Å². The highest BCUT2D eigenvalue weighted by Crippen LogP contribution is 2.26. The summed E-state index contributed by atoms with van der Waals surface area (Å²) in [6.45, 7) is 9.82. The van der Waals surface area contributed by atoms with Crippen LogP contribution < -0.4 is 16.5 Å². The molecule has 2 rings (SSSR count). The minimum absolute atomic E-state index is 0.662. The summed E-state index contributed by atoms with van der Waals surface area (Å²) in [5, 5.41) is 3.53. The quantitative estimate of drug-likeness (QED) is 0.412. The molecule has 2 heterocycles. The monoisotopic (exact) mass is 337 g/mol. The fourth-order valence-electron chi connectivity index (χ4n) is 2.96. The first kappa shape index (κ1) is 19.4. The second kappa shape index (κ2) is 9.57. The van der Waals surface area contributed by atoms with Crippen molar-refractivity contribution in [1.29, 1.82) is 0 Å². The third kappa shape index (κ3) is 5.30. The van der Waals surface area contributed by atoms with Crippen molar-refractivity contribution in [3.05, 3.63) is 35.2 Å². The number of aryl methyl sites for hydroxylation is 1. The Labute approximate surface area is 153 Å². The highest BCUT2D eigenvalue weighted by atomic mass is 14.9. The number of nitrogens with zero attached hydrogens (tertiary/aromatic N) is 2. The van der Waals surface area contributed by atoms with E-state index in [0.717, 1.165) is 42.2 Å². The summed E-state index contributed by atoms with van der Waals surface area (Å²) in [7, 11) is 2.23. The third-order valence-corrected chi connectivity index (χ3v) is 4.42. The highest BCUT2D eigenvalue weighted by molar-refractivity contribution is 6.67. The smallest absolute Gasteiger partial charge is 0.192 e. The van der Waals surface area contributed by atoms with E-state index in [2.05, 4.69) is 50.5 Å². The molecular formula is C20H30BN4. The van der Waals surface area contributed by atoms with Crippen LogP contribution in [0.1, 0.15) is 57.8 Å². The lowest BCUT2D eigenvalue weighted by Gasteiger charge is -2.13. The van der Waals surface area contributed by atoms with Crippen LogP contribution in [0.2, 0.25) is 0 Å². The van der Waals surface area contributed by atoms with Crippen LogP contribution in [-0.2, 0) is 0 Å². The SMILES string of the molecule is CCCC/C=C\N=C(C)CNc1cc(C)nc2c1[B]C(CCN)=C2C. The van der Waals surface area contributed by atoms with Crippen molar-refractivity contribution in [2.24, 2.45) is 10.7 Å². The minimum atomic E-state index is 0.662. The average molecular weight is 337 g/mol. The molecule has 0 bridgehead atoms. The maximum atomic E-state index is 5.74. The minimum Gasteiger partial charge on any atom is -0.380 e. The molecule has 0 saturated heterocycles.